The van der Waals surface area contributed by atoms with Crippen molar-refractivity contribution in [3.05, 3.63) is 75.0 Å². The number of halogens is 1. The van der Waals surface area contributed by atoms with Crippen LogP contribution in [0.15, 0.2) is 53.1 Å². The van der Waals surface area contributed by atoms with Crippen molar-refractivity contribution in [1.82, 2.24) is 11.0 Å². The second-order valence-electron chi connectivity index (χ2n) is 10.9. The number of para-hydroxylation sites is 1. The normalized spacial score (nSPS) is 26.6. The van der Waals surface area contributed by atoms with E-state index in [-0.39, 0.29) is 34.3 Å². The monoisotopic (exact) mass is 525 g/mol. The van der Waals surface area contributed by atoms with E-state index in [1.165, 1.54) is 12.5 Å². The topological polar surface area (TPSA) is 108 Å². The van der Waals surface area contributed by atoms with Crippen molar-refractivity contribution in [2.24, 2.45) is 17.3 Å². The number of hydroxylamine groups is 2. The van der Waals surface area contributed by atoms with Gasteiger partial charge in [0.15, 0.2) is 0 Å². The number of nitrogens with one attached hydrogen (secondary N) is 2. The maximum atomic E-state index is 11.0. The van der Waals surface area contributed by atoms with Gasteiger partial charge in [0.25, 0.3) is 5.69 Å². The summed E-state index contributed by atoms with van der Waals surface area (Å²) in [5, 5.41) is 12.1. The van der Waals surface area contributed by atoms with Gasteiger partial charge in [-0.2, -0.15) is 11.0 Å². The van der Waals surface area contributed by atoms with E-state index >= 15 is 0 Å². The Balaban J connectivity index is 1.14. The summed E-state index contributed by atoms with van der Waals surface area (Å²) >= 11 is 6.03. The molecule has 1 saturated heterocycles. The van der Waals surface area contributed by atoms with Crippen LogP contribution in [0.5, 0.6) is 0 Å². The highest BCUT2D eigenvalue weighted by molar-refractivity contribution is 6.47. The molecule has 0 amide bonds. The molecule has 4 aliphatic rings. The molecule has 5 atom stereocenters. The van der Waals surface area contributed by atoms with Crippen LogP contribution < -0.4 is 11.0 Å². The molecule has 2 aromatic carbocycles. The number of hydrogen-bond acceptors (Lipinski definition) is 8. The number of rotatable bonds is 9. The largest absolute Gasteiger partial charge is 0.478 e. The molecule has 0 radical (unpaired) electrons. The first-order valence-electron chi connectivity index (χ1n) is 12.6. The summed E-state index contributed by atoms with van der Waals surface area (Å²) < 4.78 is 18.7. The van der Waals surface area contributed by atoms with Crippen molar-refractivity contribution in [3.63, 3.8) is 0 Å². The van der Waals surface area contributed by atoms with Gasteiger partial charge < -0.3 is 13.7 Å². The van der Waals surface area contributed by atoms with E-state index in [2.05, 4.69) is 24.8 Å². The molecule has 1 aliphatic heterocycles. The highest BCUT2D eigenvalue weighted by Crippen LogP contribution is 2.61. The summed E-state index contributed by atoms with van der Waals surface area (Å²) in [6.45, 7) is 4.97. The minimum Gasteiger partial charge on any atom is -0.464 e. The Bertz CT molecular complexity index is 1320. The van der Waals surface area contributed by atoms with Crippen molar-refractivity contribution in [1.29, 1.82) is 0 Å². The van der Waals surface area contributed by atoms with Crippen molar-refractivity contribution < 1.29 is 23.6 Å². The fraction of sp³-hybridized carbons (Fsp3) is 0.462. The van der Waals surface area contributed by atoms with Crippen molar-refractivity contribution >= 4 is 35.4 Å². The van der Waals surface area contributed by atoms with Gasteiger partial charge in [-0.25, -0.2) is 4.94 Å². The minimum absolute atomic E-state index is 0.0821. The lowest BCUT2D eigenvalue weighted by Crippen LogP contribution is -2.59. The average molecular weight is 526 g/mol. The third-order valence-electron chi connectivity index (χ3n) is 8.52. The van der Waals surface area contributed by atoms with Gasteiger partial charge in [-0.3, -0.25) is 10.1 Å². The van der Waals surface area contributed by atoms with Gasteiger partial charge in [-0.1, -0.05) is 49.7 Å². The molecule has 2 N–H and O–H groups in total. The van der Waals surface area contributed by atoms with E-state index in [4.69, 9.17) is 30.3 Å². The maximum Gasteiger partial charge on any atom is 0.478 e. The summed E-state index contributed by atoms with van der Waals surface area (Å²) in [5.74, 6) is 0.874. The number of nitro benzene ring substituents is 1. The molecule has 4 fully saturated rings. The molecule has 37 heavy (non-hydrogen) atoms. The van der Waals surface area contributed by atoms with Crippen molar-refractivity contribution in [2.75, 3.05) is 0 Å². The quantitative estimate of drug-likeness (QED) is 0.174. The lowest BCUT2D eigenvalue weighted by Gasteiger charge is -2.60. The van der Waals surface area contributed by atoms with Crippen LogP contribution in [0.25, 0.3) is 11.0 Å². The summed E-state index contributed by atoms with van der Waals surface area (Å²) in [4.78, 5) is 16.1. The molecule has 9 nitrogen and oxygen atoms in total. The zero-order valence-corrected chi connectivity index (χ0v) is 21.4. The van der Waals surface area contributed by atoms with Gasteiger partial charge in [0.1, 0.15) is 10.6 Å². The zero-order valence-electron chi connectivity index (χ0n) is 20.7. The van der Waals surface area contributed by atoms with E-state index in [0.29, 0.717) is 24.8 Å². The first kappa shape index (κ1) is 24.8. The highest BCUT2D eigenvalue weighted by atomic mass is 35.5. The fourth-order valence-electron chi connectivity index (χ4n) is 6.22. The van der Waals surface area contributed by atoms with Crippen LogP contribution in [0.4, 0.5) is 5.69 Å². The summed E-state index contributed by atoms with van der Waals surface area (Å²) in [5.41, 5.74) is 8.72. The van der Waals surface area contributed by atoms with E-state index in [1.54, 1.807) is 18.4 Å². The molecule has 7 rings (SSSR count). The molecule has 3 saturated carbocycles. The van der Waals surface area contributed by atoms with Gasteiger partial charge in [-0.15, -0.1) is 0 Å². The van der Waals surface area contributed by atoms with E-state index < -0.39 is 12.0 Å². The minimum atomic E-state index is -0.508. The molecule has 3 aromatic rings. The number of nitro groups is 1. The van der Waals surface area contributed by atoms with Crippen molar-refractivity contribution in [3.8, 4) is 0 Å². The van der Waals surface area contributed by atoms with E-state index in [0.717, 1.165) is 28.5 Å². The van der Waals surface area contributed by atoms with Crippen LogP contribution >= 0.6 is 11.6 Å². The van der Waals surface area contributed by atoms with Gasteiger partial charge in [0.2, 0.25) is 0 Å². The first-order chi connectivity index (χ1) is 17.8. The zero-order chi connectivity index (χ0) is 25.7. The Kier molecular flexibility index (Phi) is 6.51. The lowest BCUT2D eigenvalue weighted by atomic mass is 9.47. The lowest BCUT2D eigenvalue weighted by molar-refractivity contribution is -0.384. The number of benzene rings is 2. The Labute approximate surface area is 220 Å². The molecule has 194 valence electrons. The molecule has 0 spiro atoms. The van der Waals surface area contributed by atoms with Crippen LogP contribution in [-0.2, 0) is 27.2 Å². The standard InChI is InChI=1S/C26H29BClN3O6/c1-26(2)17-11-19(26)25-23(12-17)35-27(36-25)24(10-16-14-34-22-6-4-3-5-18(16)22)30-37-29-13-15-7-8-21(31(32)33)20(28)9-15/h3-9,14,17,19,23-25,29-30H,10-13H2,1-2H3. The first-order valence-corrected chi connectivity index (χ1v) is 13.0. The molecule has 5 unspecified atom stereocenters. The number of nitrogens with zero attached hydrogens (tertiary/aromatic N) is 1. The molecular weight excluding hydrogens is 497 g/mol. The predicted octanol–water partition coefficient (Wildman–Crippen LogP) is 5.01. The van der Waals surface area contributed by atoms with Gasteiger partial charge in [0.05, 0.1) is 29.3 Å². The summed E-state index contributed by atoms with van der Waals surface area (Å²) in [6, 6.07) is 12.5. The SMILES string of the molecule is CC1(C)C2CC3OB(C(Cc4coc5ccccc45)NONCc4ccc([N+](=O)[O-])c(Cl)c4)OC3C1C2. The van der Waals surface area contributed by atoms with Gasteiger partial charge in [-0.05, 0) is 59.8 Å². The van der Waals surface area contributed by atoms with Crippen molar-refractivity contribution in [2.45, 2.75) is 57.8 Å². The Morgan fingerprint density at radius 3 is 2.86 bits per heavy atom. The predicted molar refractivity (Wildman–Crippen MR) is 138 cm³/mol. The molecule has 1 aromatic heterocycles. The second-order valence-corrected chi connectivity index (χ2v) is 11.3. The molecule has 2 heterocycles. The Morgan fingerprint density at radius 1 is 1.24 bits per heavy atom. The second kappa shape index (κ2) is 9.69. The number of hydrogen-bond donors (Lipinski definition) is 2. The summed E-state index contributed by atoms with van der Waals surface area (Å²) in [6.07, 6.45) is 4.75. The van der Waals surface area contributed by atoms with Crippen LogP contribution in [0.2, 0.25) is 5.02 Å². The maximum absolute atomic E-state index is 11.0. The van der Waals surface area contributed by atoms with Crippen LogP contribution in [0, 0.1) is 27.4 Å². The van der Waals surface area contributed by atoms with Crippen LogP contribution in [0.1, 0.15) is 37.8 Å². The van der Waals surface area contributed by atoms with Gasteiger partial charge in [0, 0.05) is 18.0 Å². The molecule has 3 aliphatic carbocycles. The van der Waals surface area contributed by atoms with E-state index in [1.807, 2.05) is 24.3 Å². The van der Waals surface area contributed by atoms with E-state index in [9.17, 15) is 10.1 Å². The number of fused-ring (bicyclic) bond motifs is 1. The number of furan rings is 1. The Morgan fingerprint density at radius 2 is 2.08 bits per heavy atom. The molecule has 2 bridgehead atoms. The molecule has 11 heteroatoms. The highest BCUT2D eigenvalue weighted by Gasteiger charge is 2.62. The van der Waals surface area contributed by atoms with Gasteiger partial charge >= 0.3 is 7.12 Å². The molecular formula is C26H29BClN3O6. The Hall–Kier alpha value is -2.47. The van der Waals surface area contributed by atoms with Crippen LogP contribution in [0.3, 0.4) is 0 Å². The summed E-state index contributed by atoms with van der Waals surface area (Å²) in [7, 11) is -0.477. The fourth-order valence-corrected chi connectivity index (χ4v) is 6.49. The third kappa shape index (κ3) is 4.56. The van der Waals surface area contributed by atoms with Crippen LogP contribution in [-0.4, -0.2) is 30.2 Å². The third-order valence-corrected chi connectivity index (χ3v) is 8.83. The smallest absolute Gasteiger partial charge is 0.464 e. The average Bonchev–Trinajstić information content (AvgIpc) is 3.49.